The number of amidine groups is 1. The average Bonchev–Trinajstić information content (AvgIpc) is 3.34. The van der Waals surface area contributed by atoms with Crippen LogP contribution in [0.15, 0.2) is 33.8 Å². The van der Waals surface area contributed by atoms with Gasteiger partial charge in [0.1, 0.15) is 0 Å². The summed E-state index contributed by atoms with van der Waals surface area (Å²) in [4.78, 5) is 8.36. The monoisotopic (exact) mass is 338 g/mol. The quantitative estimate of drug-likeness (QED) is 0.677. The van der Waals surface area contributed by atoms with Crippen LogP contribution in [-0.2, 0) is 6.54 Å². The number of rotatable bonds is 3. The molecule has 0 saturated heterocycles. The molecule has 1 heterocycles. The third kappa shape index (κ3) is 5.69. The van der Waals surface area contributed by atoms with Crippen LogP contribution in [-0.4, -0.2) is 28.6 Å². The smallest absolute Gasteiger partial charge is 0.246 e. The van der Waals surface area contributed by atoms with E-state index in [1.165, 1.54) is 31.0 Å². The van der Waals surface area contributed by atoms with E-state index in [-0.39, 0.29) is 0 Å². The molecule has 2 aromatic rings. The van der Waals surface area contributed by atoms with Crippen LogP contribution in [0.25, 0.3) is 11.4 Å². The molecule has 0 radical (unpaired) electrons. The lowest BCUT2D eigenvalue weighted by Crippen LogP contribution is -2.19. The first-order valence-electron chi connectivity index (χ1n) is 7.06. The summed E-state index contributed by atoms with van der Waals surface area (Å²) < 4.78 is 5.17. The van der Waals surface area contributed by atoms with E-state index in [9.17, 15) is 0 Å². The Labute approximate surface area is 139 Å². The second-order valence-electron chi connectivity index (χ2n) is 4.67. The van der Waals surface area contributed by atoms with Crippen LogP contribution in [0.4, 0.5) is 0 Å². The first-order valence-corrected chi connectivity index (χ1v) is 8.66. The third-order valence-electron chi connectivity index (χ3n) is 2.69. The Balaban J connectivity index is 0.000000523. The summed E-state index contributed by atoms with van der Waals surface area (Å²) in [5.74, 6) is 1.03. The number of nitrogens with zero attached hydrogens (tertiary/aromatic N) is 3. The van der Waals surface area contributed by atoms with Crippen molar-refractivity contribution in [2.24, 2.45) is 4.99 Å². The van der Waals surface area contributed by atoms with Crippen molar-refractivity contribution in [3.05, 3.63) is 35.2 Å². The Hall–Kier alpha value is -1.53. The van der Waals surface area contributed by atoms with Crippen molar-refractivity contribution in [2.45, 2.75) is 25.8 Å². The topological polar surface area (TPSA) is 63.3 Å². The Morgan fingerprint density at radius 2 is 2.18 bits per heavy atom. The van der Waals surface area contributed by atoms with E-state index >= 15 is 0 Å². The van der Waals surface area contributed by atoms with Crippen LogP contribution in [0.1, 0.15) is 25.2 Å². The molecule has 1 fully saturated rings. The van der Waals surface area contributed by atoms with Gasteiger partial charge >= 0.3 is 0 Å². The maximum absolute atomic E-state index is 5.92. The first kappa shape index (κ1) is 16.8. The molecule has 1 N–H and O–H groups in total. The van der Waals surface area contributed by atoms with E-state index in [4.69, 9.17) is 16.1 Å². The van der Waals surface area contributed by atoms with E-state index in [0.29, 0.717) is 23.3 Å². The maximum Gasteiger partial charge on any atom is 0.246 e. The van der Waals surface area contributed by atoms with Gasteiger partial charge in [0.05, 0.1) is 6.54 Å². The molecule has 1 aromatic carbocycles. The largest absolute Gasteiger partial charge is 0.356 e. The fourth-order valence-corrected chi connectivity index (χ4v) is 2.05. The molecule has 5 nitrogen and oxygen atoms in total. The number of thioether (sulfide) groups is 1. The van der Waals surface area contributed by atoms with Crippen LogP contribution in [0, 0.1) is 0 Å². The third-order valence-corrected chi connectivity index (χ3v) is 3.64. The number of aliphatic imine (C=N–C) groups is 1. The van der Waals surface area contributed by atoms with Crippen molar-refractivity contribution in [1.29, 1.82) is 0 Å². The van der Waals surface area contributed by atoms with E-state index in [1.54, 1.807) is 19.2 Å². The van der Waals surface area contributed by atoms with Gasteiger partial charge in [0, 0.05) is 17.6 Å². The highest BCUT2D eigenvalue weighted by atomic mass is 35.5. The maximum atomic E-state index is 5.92. The number of hydrogen-bond donors (Lipinski definition) is 1. The van der Waals surface area contributed by atoms with Crippen LogP contribution in [0.2, 0.25) is 5.02 Å². The van der Waals surface area contributed by atoms with Gasteiger partial charge in [-0.1, -0.05) is 59.9 Å². The average molecular weight is 339 g/mol. The van der Waals surface area contributed by atoms with Gasteiger partial charge in [-0.15, -0.1) is 0 Å². The zero-order valence-corrected chi connectivity index (χ0v) is 14.2. The molecular formula is C15H19ClN4OS. The summed E-state index contributed by atoms with van der Waals surface area (Å²) in [5, 5.41) is 8.49. The van der Waals surface area contributed by atoms with Gasteiger partial charge in [-0.05, 0) is 18.4 Å². The van der Waals surface area contributed by atoms with Gasteiger partial charge in [-0.3, -0.25) is 4.99 Å². The lowest BCUT2D eigenvalue weighted by molar-refractivity contribution is 0.376. The van der Waals surface area contributed by atoms with E-state index in [2.05, 4.69) is 20.4 Å². The van der Waals surface area contributed by atoms with E-state index in [0.717, 1.165) is 10.7 Å². The number of halogens is 1. The van der Waals surface area contributed by atoms with Crippen LogP contribution < -0.4 is 5.32 Å². The highest BCUT2D eigenvalue weighted by Crippen LogP contribution is 2.19. The predicted octanol–water partition coefficient (Wildman–Crippen LogP) is 4.00. The fraction of sp³-hybridized carbons (Fsp3) is 0.400. The number of nitrogens with one attached hydrogen (secondary N) is 1. The van der Waals surface area contributed by atoms with Gasteiger partial charge in [0.25, 0.3) is 0 Å². The summed E-state index contributed by atoms with van der Waals surface area (Å²) in [6.07, 6.45) is 6.44. The minimum atomic E-state index is 0.446. The minimum Gasteiger partial charge on any atom is -0.356 e. The molecule has 0 atom stereocenters. The molecular weight excluding hydrogens is 320 g/mol. The highest BCUT2D eigenvalue weighted by molar-refractivity contribution is 8.13. The number of aromatic nitrogens is 2. The van der Waals surface area contributed by atoms with Gasteiger partial charge < -0.3 is 9.84 Å². The molecule has 1 aliphatic carbocycles. The van der Waals surface area contributed by atoms with E-state index in [1.807, 2.05) is 18.4 Å². The molecule has 0 aliphatic heterocycles. The molecule has 0 spiro atoms. The van der Waals surface area contributed by atoms with Gasteiger partial charge in [-0.2, -0.15) is 4.98 Å². The van der Waals surface area contributed by atoms with Crippen molar-refractivity contribution in [3.63, 3.8) is 0 Å². The Morgan fingerprint density at radius 3 is 2.77 bits per heavy atom. The van der Waals surface area contributed by atoms with Crippen LogP contribution >= 0.6 is 23.4 Å². The lowest BCUT2D eigenvalue weighted by Gasteiger charge is -2.02. The zero-order valence-electron chi connectivity index (χ0n) is 12.7. The molecule has 1 aliphatic rings. The Bertz CT molecular complexity index is 625. The van der Waals surface area contributed by atoms with Crippen LogP contribution in [0.3, 0.4) is 0 Å². The second kappa shape index (κ2) is 8.80. The minimum absolute atomic E-state index is 0.446. The Morgan fingerprint density at radius 1 is 1.41 bits per heavy atom. The first-order chi connectivity index (χ1) is 10.7. The van der Waals surface area contributed by atoms with Crippen molar-refractivity contribution >= 4 is 28.5 Å². The second-order valence-corrected chi connectivity index (χ2v) is 5.90. The molecule has 22 heavy (non-hydrogen) atoms. The summed E-state index contributed by atoms with van der Waals surface area (Å²) in [5.41, 5.74) is 0.830. The number of benzene rings is 1. The fourth-order valence-electron chi connectivity index (χ4n) is 1.47. The molecule has 7 heteroatoms. The molecule has 0 bridgehead atoms. The van der Waals surface area contributed by atoms with Gasteiger partial charge in [-0.25, -0.2) is 0 Å². The number of hydrogen-bond acceptors (Lipinski definition) is 5. The summed E-state index contributed by atoms with van der Waals surface area (Å²) in [6, 6.07) is 7.33. The predicted molar refractivity (Wildman–Crippen MR) is 92.3 cm³/mol. The Kier molecular flexibility index (Phi) is 6.74. The molecule has 1 saturated carbocycles. The lowest BCUT2D eigenvalue weighted by atomic mass is 10.2. The molecule has 3 rings (SSSR count). The van der Waals surface area contributed by atoms with Crippen molar-refractivity contribution in [3.8, 4) is 11.4 Å². The zero-order chi connectivity index (χ0) is 15.8. The van der Waals surface area contributed by atoms with Crippen LogP contribution in [0.5, 0.6) is 0 Å². The molecule has 0 amide bonds. The summed E-state index contributed by atoms with van der Waals surface area (Å²) >= 11 is 7.45. The summed E-state index contributed by atoms with van der Waals surface area (Å²) in [7, 11) is 1.73. The van der Waals surface area contributed by atoms with Crippen molar-refractivity contribution in [1.82, 2.24) is 15.5 Å². The molecule has 118 valence electrons. The normalized spacial score (nSPS) is 13.3. The van der Waals surface area contributed by atoms with Crippen molar-refractivity contribution in [2.75, 3.05) is 13.3 Å². The van der Waals surface area contributed by atoms with Gasteiger partial charge in [0.15, 0.2) is 5.17 Å². The highest BCUT2D eigenvalue weighted by Gasteiger charge is 2.09. The summed E-state index contributed by atoms with van der Waals surface area (Å²) in [6.45, 7) is 0.446. The molecule has 0 unspecified atom stereocenters. The van der Waals surface area contributed by atoms with E-state index < -0.39 is 0 Å². The van der Waals surface area contributed by atoms with Crippen molar-refractivity contribution < 1.29 is 4.52 Å². The standard InChI is InChI=1S/C12H13ClN4OS.C3H6/c1-14-12(19-2)15-7-10-16-11(17-18-10)8-4-3-5-9(13)6-8;1-2-3-1/h3-6H,7H2,1-2H3,(H,14,15);1-3H2. The SMILES string of the molecule is C1CC1.CN=C(NCc1nc(-c2cccc(Cl)c2)no1)SC. The van der Waals surface area contributed by atoms with Gasteiger partial charge in [0.2, 0.25) is 11.7 Å². The molecule has 1 aromatic heterocycles.